The van der Waals surface area contributed by atoms with Crippen molar-refractivity contribution in [3.8, 4) is 0 Å². The Morgan fingerprint density at radius 1 is 1.16 bits per heavy atom. The zero-order chi connectivity index (χ0) is 22.9. The summed E-state index contributed by atoms with van der Waals surface area (Å²) in [6.07, 6.45) is 0.852. The molecule has 0 spiro atoms. The zero-order valence-corrected chi connectivity index (χ0v) is 17.9. The number of nitrogens with one attached hydrogen (secondary N) is 2. The van der Waals surface area contributed by atoms with E-state index in [0.29, 0.717) is 6.54 Å². The SMILES string of the molecule is CNC(=O)C1CCCN(c2nc(Nc3cc(N)cc(C(F)(F)F)c3)nc3c2CCCC3)C1. The molecular formula is C22H27F3N6O. The van der Waals surface area contributed by atoms with E-state index in [1.165, 1.54) is 6.07 Å². The molecule has 4 N–H and O–H groups in total. The second kappa shape index (κ2) is 8.84. The Morgan fingerprint density at radius 3 is 2.69 bits per heavy atom. The number of rotatable bonds is 4. The number of alkyl halides is 3. The molecule has 1 aromatic heterocycles. The van der Waals surface area contributed by atoms with E-state index in [2.05, 4.69) is 20.5 Å². The van der Waals surface area contributed by atoms with Crippen LogP contribution in [-0.2, 0) is 23.8 Å². The van der Waals surface area contributed by atoms with E-state index >= 15 is 0 Å². The van der Waals surface area contributed by atoms with E-state index in [0.717, 1.165) is 74.3 Å². The van der Waals surface area contributed by atoms with Crippen LogP contribution in [0.2, 0.25) is 0 Å². The lowest BCUT2D eigenvalue weighted by molar-refractivity contribution is -0.137. The van der Waals surface area contributed by atoms with Crippen molar-refractivity contribution in [1.29, 1.82) is 0 Å². The van der Waals surface area contributed by atoms with Crippen molar-refractivity contribution in [2.75, 3.05) is 36.1 Å². The van der Waals surface area contributed by atoms with Gasteiger partial charge >= 0.3 is 6.18 Å². The Balaban J connectivity index is 1.68. The number of anilines is 4. The average molecular weight is 448 g/mol. The Hall–Kier alpha value is -3.04. The maximum Gasteiger partial charge on any atom is 0.416 e. The fourth-order valence-corrected chi connectivity index (χ4v) is 4.50. The zero-order valence-electron chi connectivity index (χ0n) is 17.9. The first-order chi connectivity index (χ1) is 15.2. The number of nitrogens with two attached hydrogens (primary N) is 1. The van der Waals surface area contributed by atoms with Crippen LogP contribution in [0, 0.1) is 5.92 Å². The van der Waals surface area contributed by atoms with Gasteiger partial charge in [0, 0.05) is 37.1 Å². The van der Waals surface area contributed by atoms with E-state index in [9.17, 15) is 18.0 Å². The van der Waals surface area contributed by atoms with Crippen LogP contribution in [0.1, 0.15) is 42.5 Å². The normalized spacial score (nSPS) is 18.8. The number of nitrogens with zero attached hydrogens (tertiary/aromatic N) is 3. The average Bonchev–Trinajstić information content (AvgIpc) is 2.77. The number of hydrogen-bond acceptors (Lipinski definition) is 6. The summed E-state index contributed by atoms with van der Waals surface area (Å²) in [5.74, 6) is 0.894. The highest BCUT2D eigenvalue weighted by molar-refractivity contribution is 5.79. The lowest BCUT2D eigenvalue weighted by atomic mass is 9.93. The van der Waals surface area contributed by atoms with E-state index in [1.807, 2.05) is 0 Å². The first-order valence-electron chi connectivity index (χ1n) is 10.9. The van der Waals surface area contributed by atoms with Crippen LogP contribution in [0.5, 0.6) is 0 Å². The van der Waals surface area contributed by atoms with Crippen molar-refractivity contribution in [2.24, 2.45) is 5.92 Å². The number of aryl methyl sites for hydroxylation is 1. The number of carbonyl (C=O) groups is 1. The summed E-state index contributed by atoms with van der Waals surface area (Å²) >= 11 is 0. The molecular weight excluding hydrogens is 421 g/mol. The smallest absolute Gasteiger partial charge is 0.399 e. The molecule has 2 heterocycles. The summed E-state index contributed by atoms with van der Waals surface area (Å²) in [6, 6.07) is 3.33. The summed E-state index contributed by atoms with van der Waals surface area (Å²) in [6.45, 7) is 1.33. The van der Waals surface area contributed by atoms with Gasteiger partial charge in [0.1, 0.15) is 5.82 Å². The molecule has 1 aliphatic heterocycles. The van der Waals surface area contributed by atoms with Crippen LogP contribution in [-0.4, -0.2) is 36.0 Å². The largest absolute Gasteiger partial charge is 0.416 e. The minimum atomic E-state index is -4.50. The third-order valence-electron chi connectivity index (χ3n) is 6.04. The first-order valence-corrected chi connectivity index (χ1v) is 10.9. The van der Waals surface area contributed by atoms with Gasteiger partial charge in [0.15, 0.2) is 0 Å². The highest BCUT2D eigenvalue weighted by atomic mass is 19.4. The molecule has 32 heavy (non-hydrogen) atoms. The summed E-state index contributed by atoms with van der Waals surface area (Å²) in [7, 11) is 1.64. The fraction of sp³-hybridized carbons (Fsp3) is 0.500. The topological polar surface area (TPSA) is 96.2 Å². The Kier molecular flexibility index (Phi) is 6.12. The van der Waals surface area contributed by atoms with Crippen LogP contribution in [0.15, 0.2) is 18.2 Å². The van der Waals surface area contributed by atoms with Gasteiger partial charge in [0.2, 0.25) is 11.9 Å². The van der Waals surface area contributed by atoms with Crippen molar-refractivity contribution in [3.63, 3.8) is 0 Å². The van der Waals surface area contributed by atoms with Crippen LogP contribution < -0.4 is 21.3 Å². The van der Waals surface area contributed by atoms with Crippen molar-refractivity contribution in [2.45, 2.75) is 44.7 Å². The highest BCUT2D eigenvalue weighted by Gasteiger charge is 2.32. The number of nitrogen functional groups attached to an aromatic ring is 1. The van der Waals surface area contributed by atoms with Crippen LogP contribution in [0.4, 0.5) is 36.3 Å². The number of fused-ring (bicyclic) bond motifs is 1. The quantitative estimate of drug-likeness (QED) is 0.618. The molecule has 4 rings (SSSR count). The molecule has 2 aromatic rings. The second-order valence-electron chi connectivity index (χ2n) is 8.37. The second-order valence-corrected chi connectivity index (χ2v) is 8.37. The number of amides is 1. The van der Waals surface area contributed by atoms with E-state index in [-0.39, 0.29) is 29.1 Å². The van der Waals surface area contributed by atoms with Crippen molar-refractivity contribution < 1.29 is 18.0 Å². The predicted molar refractivity (Wildman–Crippen MR) is 117 cm³/mol. The standard InChI is InChI=1S/C22H27F3N6O/c1-27-20(32)13-5-4-8-31(12-13)19-17-6-2-3-7-18(17)29-21(30-19)28-16-10-14(22(23,24)25)9-15(26)11-16/h9-11,13H,2-8,12,26H2,1H3,(H,27,32)(H,28,29,30). The molecule has 0 radical (unpaired) electrons. The van der Waals surface area contributed by atoms with Gasteiger partial charge in [-0.2, -0.15) is 18.2 Å². The maximum absolute atomic E-state index is 13.2. The van der Waals surface area contributed by atoms with Crippen molar-refractivity contribution in [1.82, 2.24) is 15.3 Å². The van der Waals surface area contributed by atoms with Gasteiger partial charge in [-0.05, 0) is 56.7 Å². The molecule has 1 aromatic carbocycles. The number of carbonyl (C=O) groups excluding carboxylic acids is 1. The third-order valence-corrected chi connectivity index (χ3v) is 6.04. The van der Waals surface area contributed by atoms with Crippen molar-refractivity contribution in [3.05, 3.63) is 35.0 Å². The van der Waals surface area contributed by atoms with Crippen LogP contribution >= 0.6 is 0 Å². The number of hydrogen-bond donors (Lipinski definition) is 3. The van der Waals surface area contributed by atoms with E-state index in [4.69, 9.17) is 10.7 Å². The first kappa shape index (κ1) is 22.2. The summed E-state index contributed by atoms with van der Waals surface area (Å²) in [5, 5.41) is 5.65. The maximum atomic E-state index is 13.2. The molecule has 2 aliphatic rings. The molecule has 10 heteroatoms. The summed E-state index contributed by atoms with van der Waals surface area (Å²) in [5.41, 5.74) is 7.03. The molecule has 1 unspecified atom stereocenters. The van der Waals surface area contributed by atoms with Gasteiger partial charge in [-0.25, -0.2) is 4.98 Å². The van der Waals surface area contributed by atoms with E-state index < -0.39 is 11.7 Å². The molecule has 7 nitrogen and oxygen atoms in total. The molecule has 1 atom stereocenters. The minimum Gasteiger partial charge on any atom is -0.399 e. The molecule has 1 fully saturated rings. The number of benzene rings is 1. The molecule has 1 saturated heterocycles. The molecule has 172 valence electrons. The van der Waals surface area contributed by atoms with Crippen molar-refractivity contribution >= 4 is 29.0 Å². The van der Waals surface area contributed by atoms with Gasteiger partial charge in [0.25, 0.3) is 0 Å². The molecule has 0 bridgehead atoms. The summed E-state index contributed by atoms with van der Waals surface area (Å²) < 4.78 is 39.6. The minimum absolute atomic E-state index is 0.00459. The van der Waals surface area contributed by atoms with Gasteiger partial charge < -0.3 is 21.3 Å². The number of aromatic nitrogens is 2. The van der Waals surface area contributed by atoms with Gasteiger partial charge in [0.05, 0.1) is 17.2 Å². The van der Waals surface area contributed by atoms with E-state index in [1.54, 1.807) is 7.05 Å². The van der Waals surface area contributed by atoms with Gasteiger partial charge in [-0.3, -0.25) is 4.79 Å². The monoisotopic (exact) mass is 448 g/mol. The lowest BCUT2D eigenvalue weighted by Gasteiger charge is -2.35. The van der Waals surface area contributed by atoms with Gasteiger partial charge in [-0.1, -0.05) is 0 Å². The van der Waals surface area contributed by atoms with Gasteiger partial charge in [-0.15, -0.1) is 0 Å². The number of piperidine rings is 1. The third kappa shape index (κ3) is 4.73. The molecule has 1 amide bonds. The number of halogens is 3. The Morgan fingerprint density at radius 2 is 1.94 bits per heavy atom. The highest BCUT2D eigenvalue weighted by Crippen LogP contribution is 2.35. The summed E-state index contributed by atoms with van der Waals surface area (Å²) in [4.78, 5) is 23.6. The fourth-order valence-electron chi connectivity index (χ4n) is 4.50. The molecule has 1 aliphatic carbocycles. The predicted octanol–water partition coefficient (Wildman–Crippen LogP) is 3.66. The van der Waals surface area contributed by atoms with Crippen LogP contribution in [0.25, 0.3) is 0 Å². The Bertz CT molecular complexity index is 1010. The lowest BCUT2D eigenvalue weighted by Crippen LogP contribution is -2.43. The Labute approximate surface area is 184 Å². The van der Waals surface area contributed by atoms with Crippen LogP contribution in [0.3, 0.4) is 0 Å². The molecule has 0 saturated carbocycles.